The number of aliphatic hydroxyl groups excluding tert-OH is 2. The highest BCUT2D eigenvalue weighted by Gasteiger charge is 2.50. The topological polar surface area (TPSA) is 86.6 Å². The van der Waals surface area contributed by atoms with E-state index in [0.717, 1.165) is 17.7 Å². The number of aliphatic hydroxyl groups is 2. The van der Waals surface area contributed by atoms with Crippen LogP contribution < -0.4 is 5.19 Å². The van der Waals surface area contributed by atoms with E-state index >= 15 is 0 Å². The molecule has 1 aromatic rings. The van der Waals surface area contributed by atoms with Gasteiger partial charge in [0.25, 0.3) is 0 Å². The Morgan fingerprint density at radius 3 is 1.82 bits per heavy atom. The Labute approximate surface area is 212 Å². The molecule has 0 saturated heterocycles. The lowest BCUT2D eigenvalue weighted by Gasteiger charge is -2.44. The highest BCUT2D eigenvalue weighted by atomic mass is 28.5. The molecule has 1 aromatic carbocycles. The van der Waals surface area contributed by atoms with E-state index in [1.807, 2.05) is 18.2 Å². The molecule has 34 heavy (non-hydrogen) atoms. The van der Waals surface area contributed by atoms with E-state index in [1.165, 1.54) is 0 Å². The van der Waals surface area contributed by atoms with Gasteiger partial charge in [0.1, 0.15) is 6.10 Å². The molecule has 0 aliphatic rings. The molecule has 2 N–H and O–H groups in total. The summed E-state index contributed by atoms with van der Waals surface area (Å²) in [5.41, 5.74) is 0. The lowest BCUT2D eigenvalue weighted by atomic mass is 10.4. The quantitative estimate of drug-likeness (QED) is 0.229. The first-order valence-corrected chi connectivity index (χ1v) is 26.6. The highest BCUT2D eigenvalue weighted by Crippen LogP contribution is 2.29. The molecule has 0 aromatic heterocycles. The fraction of sp³-hybridized carbons (Fsp3) is 0.727. The van der Waals surface area contributed by atoms with E-state index in [1.54, 1.807) is 0 Å². The van der Waals surface area contributed by atoms with Gasteiger partial charge in [-0.15, -0.1) is 0 Å². The van der Waals surface area contributed by atoms with Gasteiger partial charge in [0, 0.05) is 6.61 Å². The zero-order valence-electron chi connectivity index (χ0n) is 22.9. The molecule has 0 aliphatic carbocycles. The van der Waals surface area contributed by atoms with Crippen LogP contribution in [0.15, 0.2) is 30.3 Å². The van der Waals surface area contributed by atoms with Crippen molar-refractivity contribution in [3.05, 3.63) is 30.3 Å². The molecule has 0 amide bonds. The Morgan fingerprint density at radius 1 is 0.765 bits per heavy atom. The van der Waals surface area contributed by atoms with Crippen LogP contribution in [0.4, 0.5) is 0 Å². The van der Waals surface area contributed by atoms with Crippen molar-refractivity contribution in [2.75, 3.05) is 19.8 Å². The van der Waals surface area contributed by atoms with Gasteiger partial charge in [-0.3, -0.25) is 0 Å². The van der Waals surface area contributed by atoms with Crippen molar-refractivity contribution in [3.8, 4) is 0 Å². The Kier molecular flexibility index (Phi) is 12.3. The summed E-state index contributed by atoms with van der Waals surface area (Å²) in [7, 11) is -11.7. The van der Waals surface area contributed by atoms with Gasteiger partial charge < -0.3 is 31.4 Å². The van der Waals surface area contributed by atoms with Crippen molar-refractivity contribution in [2.24, 2.45) is 0 Å². The monoisotopic (exact) mass is 564 g/mol. The summed E-state index contributed by atoms with van der Waals surface area (Å²) in [5.74, 6) is 0. The van der Waals surface area contributed by atoms with E-state index in [0.29, 0.717) is 6.61 Å². The van der Waals surface area contributed by atoms with Crippen LogP contribution in [0.25, 0.3) is 0 Å². The first kappa shape index (κ1) is 32.1. The van der Waals surface area contributed by atoms with Crippen molar-refractivity contribution < 1.29 is 31.4 Å². The molecular formula is C22H48O7Si5. The average molecular weight is 565 g/mol. The lowest BCUT2D eigenvalue weighted by Crippen LogP contribution is -2.65. The number of rotatable bonds is 16. The van der Waals surface area contributed by atoms with Crippen LogP contribution in [-0.2, 0) is 21.2 Å². The van der Waals surface area contributed by atoms with Crippen LogP contribution in [-0.4, -0.2) is 78.5 Å². The molecule has 12 heteroatoms. The highest BCUT2D eigenvalue weighted by molar-refractivity contribution is 6.95. The van der Waals surface area contributed by atoms with Gasteiger partial charge in [0.15, 0.2) is 16.6 Å². The normalized spacial score (nSPS) is 17.8. The maximum Gasteiger partial charge on any atom is 0.351 e. The Morgan fingerprint density at radius 2 is 1.32 bits per heavy atom. The number of hydrogen-bond donors (Lipinski definition) is 2. The van der Waals surface area contributed by atoms with Gasteiger partial charge >= 0.3 is 25.7 Å². The number of ether oxygens (including phenoxy) is 1. The van der Waals surface area contributed by atoms with Gasteiger partial charge in [-0.1, -0.05) is 30.3 Å². The molecule has 0 saturated carbocycles. The van der Waals surface area contributed by atoms with Gasteiger partial charge in [0.2, 0.25) is 0 Å². The Hall–Kier alpha value is 0.0244. The van der Waals surface area contributed by atoms with Crippen LogP contribution >= 0.6 is 0 Å². The van der Waals surface area contributed by atoms with Crippen LogP contribution in [0, 0.1) is 0 Å². The van der Waals surface area contributed by atoms with Crippen molar-refractivity contribution in [1.82, 2.24) is 0 Å². The Balaban J connectivity index is 3.18. The smallest absolute Gasteiger partial charge is 0.351 e. The van der Waals surface area contributed by atoms with E-state index in [4.69, 9.17) is 26.3 Å². The second-order valence-corrected chi connectivity index (χ2v) is 31.2. The number of benzene rings is 1. The van der Waals surface area contributed by atoms with E-state index in [2.05, 4.69) is 77.6 Å². The first-order valence-electron chi connectivity index (χ1n) is 12.1. The Bertz CT molecular complexity index is 727. The van der Waals surface area contributed by atoms with Gasteiger partial charge in [-0.2, -0.15) is 0 Å². The molecule has 7 nitrogen and oxygen atoms in total. The fourth-order valence-electron chi connectivity index (χ4n) is 4.06. The SMILES string of the molecule is C[Si](C)(C)O[Si](C)(C)O[Si](C)(O[Si](C)(CCCOCC(O)CO)O[Si](C)(C)C)c1ccccc1. The molecule has 0 aliphatic heterocycles. The van der Waals surface area contributed by atoms with Crippen molar-refractivity contribution in [1.29, 1.82) is 0 Å². The van der Waals surface area contributed by atoms with Crippen molar-refractivity contribution in [2.45, 2.75) is 84.0 Å². The summed E-state index contributed by atoms with van der Waals surface area (Å²) in [5, 5.41) is 19.6. The molecule has 0 fully saturated rings. The minimum absolute atomic E-state index is 0.123. The van der Waals surface area contributed by atoms with Crippen LogP contribution in [0.5, 0.6) is 0 Å². The summed E-state index contributed by atoms with van der Waals surface area (Å²) >= 11 is 0. The lowest BCUT2D eigenvalue weighted by molar-refractivity contribution is 0.00624. The van der Waals surface area contributed by atoms with Crippen LogP contribution in [0.3, 0.4) is 0 Å². The van der Waals surface area contributed by atoms with Crippen molar-refractivity contribution in [3.63, 3.8) is 0 Å². The molecular weight excluding hydrogens is 517 g/mol. The molecule has 0 bridgehead atoms. The second kappa shape index (κ2) is 13.0. The first-order chi connectivity index (χ1) is 15.4. The van der Waals surface area contributed by atoms with Crippen LogP contribution in [0.2, 0.25) is 71.5 Å². The third-order valence-electron chi connectivity index (χ3n) is 4.66. The molecule has 0 radical (unpaired) electrons. The van der Waals surface area contributed by atoms with Crippen molar-refractivity contribution >= 4 is 47.5 Å². The maximum absolute atomic E-state index is 9.51. The summed E-state index contributed by atoms with van der Waals surface area (Å²) < 4.78 is 32.8. The summed E-state index contributed by atoms with van der Waals surface area (Å²) in [4.78, 5) is 0. The molecule has 3 atom stereocenters. The standard InChI is InChI=1S/C22H48O7Si5/c1-30(2,3)26-32(7,8)28-34(10,22-15-12-11-13-16-22)29-33(9,27-31(4,5)6)18-14-17-25-20-21(24)19-23/h11-13,15-16,21,23-24H,14,17-20H2,1-10H3. The molecule has 3 unspecified atom stereocenters. The zero-order valence-corrected chi connectivity index (χ0v) is 27.9. The predicted octanol–water partition coefficient (Wildman–Crippen LogP) is 4.24. The molecule has 198 valence electrons. The maximum atomic E-state index is 9.51. The number of hydrogen-bond acceptors (Lipinski definition) is 7. The zero-order chi connectivity index (χ0) is 26.3. The van der Waals surface area contributed by atoms with Gasteiger partial charge in [0.05, 0.1) is 13.2 Å². The summed E-state index contributed by atoms with van der Waals surface area (Å²) in [6, 6.07) is 11.0. The minimum atomic E-state index is -2.88. The molecule has 0 spiro atoms. The third-order valence-corrected chi connectivity index (χ3v) is 22.7. The van der Waals surface area contributed by atoms with Crippen LogP contribution in [0.1, 0.15) is 6.42 Å². The largest absolute Gasteiger partial charge is 0.437 e. The predicted molar refractivity (Wildman–Crippen MR) is 151 cm³/mol. The van der Waals surface area contributed by atoms with E-state index < -0.39 is 48.4 Å². The van der Waals surface area contributed by atoms with Gasteiger partial charge in [-0.05, 0) is 83.1 Å². The summed E-state index contributed by atoms with van der Waals surface area (Å²) in [6.45, 7) is 21.9. The van der Waals surface area contributed by atoms with Gasteiger partial charge in [-0.25, -0.2) is 0 Å². The molecule has 1 rings (SSSR count). The van der Waals surface area contributed by atoms with E-state index in [-0.39, 0.29) is 13.2 Å². The fourth-order valence-corrected chi connectivity index (χ4v) is 27.2. The minimum Gasteiger partial charge on any atom is -0.437 e. The second-order valence-electron chi connectivity index (χ2n) is 11.5. The third kappa shape index (κ3) is 12.8. The summed E-state index contributed by atoms with van der Waals surface area (Å²) in [6.07, 6.45) is -0.101. The molecule has 0 heterocycles. The average Bonchev–Trinajstić information content (AvgIpc) is 2.64. The van der Waals surface area contributed by atoms with E-state index in [9.17, 15) is 5.11 Å².